The summed E-state index contributed by atoms with van der Waals surface area (Å²) in [5, 5.41) is 0. The number of para-hydroxylation sites is 1. The molecule has 2 rings (SSSR count). The van der Waals surface area contributed by atoms with Gasteiger partial charge in [-0.3, -0.25) is 0 Å². The van der Waals surface area contributed by atoms with Gasteiger partial charge in [0.05, 0.1) is 13.7 Å². The molecule has 23 heavy (non-hydrogen) atoms. The molecule has 0 aliphatic carbocycles. The molecule has 0 heterocycles. The minimum Gasteiger partial charge on any atom is -0.492 e. The van der Waals surface area contributed by atoms with Crippen LogP contribution in [-0.4, -0.2) is 33.3 Å². The van der Waals surface area contributed by atoms with Crippen molar-refractivity contribution in [2.75, 3.05) is 32.2 Å². The van der Waals surface area contributed by atoms with Crippen LogP contribution in [0, 0.1) is 0 Å². The number of methoxy groups -OCH3 is 1. The summed E-state index contributed by atoms with van der Waals surface area (Å²) in [6, 6.07) is 17.8. The molecule has 0 N–H and O–H groups in total. The Balaban J connectivity index is 1.80. The van der Waals surface area contributed by atoms with Gasteiger partial charge in [-0.15, -0.1) is 0 Å². The molecule has 4 heteroatoms. The molecule has 2 aromatic carbocycles. The highest BCUT2D eigenvalue weighted by atomic mass is 16.5. The van der Waals surface area contributed by atoms with Gasteiger partial charge in [0.25, 0.3) is 0 Å². The zero-order chi connectivity index (χ0) is 16.5. The Morgan fingerprint density at radius 2 is 1.78 bits per heavy atom. The summed E-state index contributed by atoms with van der Waals surface area (Å²) in [6.45, 7) is 1.40. The number of hydrogen-bond acceptors (Lipinski definition) is 4. The molecule has 120 valence electrons. The smallest absolute Gasteiger partial charge is 0.330 e. The fourth-order valence-electron chi connectivity index (χ4n) is 2.02. The van der Waals surface area contributed by atoms with Crippen LogP contribution in [0.25, 0.3) is 6.08 Å². The first-order chi connectivity index (χ1) is 11.2. The Kier molecular flexibility index (Phi) is 6.24. The van der Waals surface area contributed by atoms with Crippen molar-refractivity contribution < 1.29 is 14.3 Å². The zero-order valence-electron chi connectivity index (χ0n) is 13.4. The molecule has 0 amide bonds. The van der Waals surface area contributed by atoms with Gasteiger partial charge in [0.2, 0.25) is 0 Å². The molecule has 0 unspecified atom stereocenters. The van der Waals surface area contributed by atoms with E-state index in [9.17, 15) is 4.79 Å². The van der Waals surface area contributed by atoms with E-state index in [1.165, 1.54) is 18.9 Å². The van der Waals surface area contributed by atoms with E-state index in [4.69, 9.17) is 4.74 Å². The quantitative estimate of drug-likeness (QED) is 0.580. The van der Waals surface area contributed by atoms with Gasteiger partial charge in [-0.05, 0) is 35.9 Å². The molecular weight excluding hydrogens is 290 g/mol. The van der Waals surface area contributed by atoms with Crippen molar-refractivity contribution in [2.45, 2.75) is 0 Å². The molecule has 0 fully saturated rings. The highest BCUT2D eigenvalue weighted by molar-refractivity contribution is 5.86. The summed E-state index contributed by atoms with van der Waals surface area (Å²) in [6.07, 6.45) is 3.10. The molecule has 2 aromatic rings. The highest BCUT2D eigenvalue weighted by Gasteiger charge is 2.00. The van der Waals surface area contributed by atoms with E-state index in [1.807, 2.05) is 49.5 Å². The number of carbonyl (C=O) groups is 1. The summed E-state index contributed by atoms with van der Waals surface area (Å²) < 4.78 is 10.3. The van der Waals surface area contributed by atoms with E-state index >= 15 is 0 Å². The van der Waals surface area contributed by atoms with Gasteiger partial charge in [-0.25, -0.2) is 4.79 Å². The van der Waals surface area contributed by atoms with Gasteiger partial charge >= 0.3 is 5.97 Å². The number of rotatable bonds is 7. The Morgan fingerprint density at radius 1 is 1.09 bits per heavy atom. The SMILES string of the molecule is COC(=O)/C=C/c1ccc(OCCN(C)c2ccccc2)cc1. The third kappa shape index (κ3) is 5.51. The first-order valence-corrected chi connectivity index (χ1v) is 7.44. The molecule has 0 spiro atoms. The molecular formula is C19H21NO3. The number of esters is 1. The average Bonchev–Trinajstić information content (AvgIpc) is 2.61. The zero-order valence-corrected chi connectivity index (χ0v) is 13.4. The summed E-state index contributed by atoms with van der Waals surface area (Å²) in [7, 11) is 3.40. The van der Waals surface area contributed by atoms with Crippen LogP contribution >= 0.6 is 0 Å². The van der Waals surface area contributed by atoms with Gasteiger partial charge in [0.1, 0.15) is 12.4 Å². The highest BCUT2D eigenvalue weighted by Crippen LogP contribution is 2.14. The van der Waals surface area contributed by atoms with Crippen LogP contribution in [0.15, 0.2) is 60.7 Å². The van der Waals surface area contributed by atoms with Crippen LogP contribution in [0.1, 0.15) is 5.56 Å². The lowest BCUT2D eigenvalue weighted by Gasteiger charge is -2.19. The topological polar surface area (TPSA) is 38.8 Å². The van der Waals surface area contributed by atoms with Crippen LogP contribution in [0.2, 0.25) is 0 Å². The van der Waals surface area contributed by atoms with Crippen molar-refractivity contribution in [1.82, 2.24) is 0 Å². The largest absolute Gasteiger partial charge is 0.492 e. The van der Waals surface area contributed by atoms with E-state index in [2.05, 4.69) is 21.8 Å². The lowest BCUT2D eigenvalue weighted by atomic mass is 10.2. The number of nitrogens with zero attached hydrogens (tertiary/aromatic N) is 1. The van der Waals surface area contributed by atoms with Crippen LogP contribution in [0.3, 0.4) is 0 Å². The Morgan fingerprint density at radius 3 is 2.43 bits per heavy atom. The molecule has 0 bridgehead atoms. The van der Waals surface area contributed by atoms with Gasteiger partial charge in [-0.1, -0.05) is 30.3 Å². The molecule has 0 atom stereocenters. The van der Waals surface area contributed by atoms with Crippen molar-refractivity contribution in [2.24, 2.45) is 0 Å². The second kappa shape index (κ2) is 8.63. The lowest BCUT2D eigenvalue weighted by molar-refractivity contribution is -0.134. The Hall–Kier alpha value is -2.75. The molecule has 0 saturated heterocycles. The second-order valence-corrected chi connectivity index (χ2v) is 5.03. The summed E-state index contributed by atoms with van der Waals surface area (Å²) in [5.74, 6) is 0.441. The van der Waals surface area contributed by atoms with Crippen molar-refractivity contribution >= 4 is 17.7 Å². The van der Waals surface area contributed by atoms with Crippen LogP contribution < -0.4 is 9.64 Å². The third-order valence-electron chi connectivity index (χ3n) is 3.39. The van der Waals surface area contributed by atoms with Crippen LogP contribution in [0.4, 0.5) is 5.69 Å². The number of ether oxygens (including phenoxy) is 2. The summed E-state index contributed by atoms with van der Waals surface area (Å²) in [5.41, 5.74) is 2.09. The summed E-state index contributed by atoms with van der Waals surface area (Å²) >= 11 is 0. The maximum atomic E-state index is 11.0. The first-order valence-electron chi connectivity index (χ1n) is 7.44. The van der Waals surface area contributed by atoms with E-state index in [-0.39, 0.29) is 5.97 Å². The van der Waals surface area contributed by atoms with E-state index in [0.717, 1.165) is 17.9 Å². The summed E-state index contributed by atoms with van der Waals surface area (Å²) in [4.78, 5) is 13.2. The van der Waals surface area contributed by atoms with Crippen molar-refractivity contribution in [3.05, 3.63) is 66.2 Å². The number of anilines is 1. The predicted molar refractivity (Wildman–Crippen MR) is 92.7 cm³/mol. The van der Waals surface area contributed by atoms with Gasteiger partial charge in [0.15, 0.2) is 0 Å². The third-order valence-corrected chi connectivity index (χ3v) is 3.39. The minimum absolute atomic E-state index is 0.366. The van der Waals surface area contributed by atoms with Gasteiger partial charge < -0.3 is 14.4 Å². The fourth-order valence-corrected chi connectivity index (χ4v) is 2.02. The van der Waals surface area contributed by atoms with Gasteiger partial charge in [-0.2, -0.15) is 0 Å². The predicted octanol–water partition coefficient (Wildman–Crippen LogP) is 3.39. The Labute approximate surface area is 137 Å². The first kappa shape index (κ1) is 16.6. The average molecular weight is 311 g/mol. The van der Waals surface area contributed by atoms with E-state index in [1.54, 1.807) is 6.08 Å². The van der Waals surface area contributed by atoms with Gasteiger partial charge in [0, 0.05) is 18.8 Å². The van der Waals surface area contributed by atoms with Crippen molar-refractivity contribution in [3.63, 3.8) is 0 Å². The molecule has 4 nitrogen and oxygen atoms in total. The number of benzene rings is 2. The maximum absolute atomic E-state index is 11.0. The van der Waals surface area contributed by atoms with Crippen molar-refractivity contribution in [1.29, 1.82) is 0 Å². The van der Waals surface area contributed by atoms with E-state index < -0.39 is 0 Å². The van der Waals surface area contributed by atoms with Crippen molar-refractivity contribution in [3.8, 4) is 5.75 Å². The van der Waals surface area contributed by atoms with E-state index in [0.29, 0.717) is 6.61 Å². The molecule has 0 aromatic heterocycles. The number of likely N-dealkylation sites (N-methyl/N-ethyl adjacent to an activating group) is 1. The monoisotopic (exact) mass is 311 g/mol. The minimum atomic E-state index is -0.366. The van der Waals surface area contributed by atoms with Crippen LogP contribution in [0.5, 0.6) is 5.75 Å². The number of hydrogen-bond donors (Lipinski definition) is 0. The lowest BCUT2D eigenvalue weighted by Crippen LogP contribution is -2.23. The fraction of sp³-hybridized carbons (Fsp3) is 0.211. The molecule has 0 saturated carbocycles. The second-order valence-electron chi connectivity index (χ2n) is 5.03. The standard InChI is InChI=1S/C19H21NO3/c1-20(17-6-4-3-5-7-17)14-15-23-18-11-8-16(9-12-18)10-13-19(21)22-2/h3-13H,14-15H2,1-2H3/b13-10+. The Bertz CT molecular complexity index is 635. The normalized spacial score (nSPS) is 10.5. The maximum Gasteiger partial charge on any atom is 0.330 e. The molecule has 0 radical (unpaired) electrons. The molecule has 0 aliphatic rings. The number of carbonyl (C=O) groups excluding carboxylic acids is 1. The molecule has 0 aliphatic heterocycles. The van der Waals surface area contributed by atoms with Crippen LogP contribution in [-0.2, 0) is 9.53 Å².